The van der Waals surface area contributed by atoms with Crippen molar-refractivity contribution in [2.45, 2.75) is 20.0 Å². The van der Waals surface area contributed by atoms with E-state index in [1.165, 1.54) is 0 Å². The maximum absolute atomic E-state index is 9.81. The first kappa shape index (κ1) is 11.0. The second-order valence-electron chi connectivity index (χ2n) is 3.10. The minimum Gasteiger partial charge on any atom is -0.507 e. The van der Waals surface area contributed by atoms with Gasteiger partial charge < -0.3 is 15.6 Å². The van der Waals surface area contributed by atoms with Gasteiger partial charge in [-0.05, 0) is 25.5 Å². The monoisotopic (exact) mass is 195 g/mol. The largest absolute Gasteiger partial charge is 0.507 e. The predicted molar refractivity (Wildman–Crippen MR) is 56.2 cm³/mol. The van der Waals surface area contributed by atoms with Crippen LogP contribution in [0.4, 0.5) is 0 Å². The molecule has 78 valence electrons. The standard InChI is InChI=1S/C11H17NO2/c1-2-14-8-10-5-3-4-9(6-7-12)11(10)13/h3-5,13H,2,6-8,12H2,1H3. The first-order chi connectivity index (χ1) is 6.79. The van der Waals surface area contributed by atoms with Crippen LogP contribution in [0.15, 0.2) is 18.2 Å². The van der Waals surface area contributed by atoms with Crippen molar-refractivity contribution in [2.75, 3.05) is 13.2 Å². The SMILES string of the molecule is CCOCc1cccc(CCN)c1O. The van der Waals surface area contributed by atoms with Crippen molar-refractivity contribution in [2.24, 2.45) is 5.73 Å². The van der Waals surface area contributed by atoms with Gasteiger partial charge in [0.05, 0.1) is 6.61 Å². The minimum atomic E-state index is 0.325. The molecule has 0 amide bonds. The quantitative estimate of drug-likeness (QED) is 0.747. The van der Waals surface area contributed by atoms with E-state index in [1.54, 1.807) is 0 Å². The van der Waals surface area contributed by atoms with Crippen molar-refractivity contribution >= 4 is 0 Å². The molecule has 1 aromatic rings. The molecule has 1 aromatic carbocycles. The van der Waals surface area contributed by atoms with E-state index in [9.17, 15) is 5.11 Å². The second kappa shape index (κ2) is 5.62. The summed E-state index contributed by atoms with van der Waals surface area (Å²) in [5.74, 6) is 0.325. The zero-order chi connectivity index (χ0) is 10.4. The van der Waals surface area contributed by atoms with Crippen molar-refractivity contribution < 1.29 is 9.84 Å². The van der Waals surface area contributed by atoms with E-state index in [2.05, 4.69) is 0 Å². The van der Waals surface area contributed by atoms with Gasteiger partial charge in [-0.25, -0.2) is 0 Å². The maximum Gasteiger partial charge on any atom is 0.124 e. The van der Waals surface area contributed by atoms with Gasteiger partial charge in [-0.15, -0.1) is 0 Å². The Morgan fingerprint density at radius 1 is 1.36 bits per heavy atom. The third-order valence-corrected chi connectivity index (χ3v) is 2.08. The molecule has 0 saturated heterocycles. The van der Waals surface area contributed by atoms with Crippen LogP contribution in [0, 0.1) is 0 Å². The normalized spacial score (nSPS) is 10.4. The number of phenols is 1. The van der Waals surface area contributed by atoms with Crippen molar-refractivity contribution in [3.05, 3.63) is 29.3 Å². The van der Waals surface area contributed by atoms with Gasteiger partial charge >= 0.3 is 0 Å². The lowest BCUT2D eigenvalue weighted by atomic mass is 10.1. The third-order valence-electron chi connectivity index (χ3n) is 2.08. The predicted octanol–water partition coefficient (Wildman–Crippen LogP) is 1.43. The van der Waals surface area contributed by atoms with Gasteiger partial charge in [0.1, 0.15) is 5.75 Å². The fourth-order valence-corrected chi connectivity index (χ4v) is 1.33. The lowest BCUT2D eigenvalue weighted by Gasteiger charge is -2.08. The summed E-state index contributed by atoms with van der Waals surface area (Å²) in [5.41, 5.74) is 7.16. The third kappa shape index (κ3) is 2.72. The molecule has 3 N–H and O–H groups in total. The van der Waals surface area contributed by atoms with Crippen LogP contribution in [-0.2, 0) is 17.8 Å². The number of hydrogen-bond acceptors (Lipinski definition) is 3. The Labute approximate surface area is 84.5 Å². The number of aromatic hydroxyl groups is 1. The van der Waals surface area contributed by atoms with Gasteiger partial charge in [0.15, 0.2) is 0 Å². The summed E-state index contributed by atoms with van der Waals surface area (Å²) >= 11 is 0. The summed E-state index contributed by atoms with van der Waals surface area (Å²) in [5, 5.41) is 9.81. The maximum atomic E-state index is 9.81. The Bertz CT molecular complexity index is 287. The molecule has 3 nitrogen and oxygen atoms in total. The van der Waals surface area contributed by atoms with Crippen LogP contribution in [0.2, 0.25) is 0 Å². The zero-order valence-corrected chi connectivity index (χ0v) is 8.49. The smallest absolute Gasteiger partial charge is 0.124 e. The number of rotatable bonds is 5. The molecular weight excluding hydrogens is 178 g/mol. The molecule has 0 bridgehead atoms. The van der Waals surface area contributed by atoms with Gasteiger partial charge in [0, 0.05) is 12.2 Å². The van der Waals surface area contributed by atoms with Crippen LogP contribution in [0.5, 0.6) is 5.75 Å². The summed E-state index contributed by atoms with van der Waals surface area (Å²) in [6.07, 6.45) is 0.700. The highest BCUT2D eigenvalue weighted by Gasteiger charge is 2.05. The highest BCUT2D eigenvalue weighted by atomic mass is 16.5. The summed E-state index contributed by atoms with van der Waals surface area (Å²) in [6, 6.07) is 5.67. The average molecular weight is 195 g/mol. The molecule has 0 aliphatic carbocycles. The van der Waals surface area contributed by atoms with Gasteiger partial charge in [-0.1, -0.05) is 18.2 Å². The van der Waals surface area contributed by atoms with Gasteiger partial charge in [0.25, 0.3) is 0 Å². The van der Waals surface area contributed by atoms with E-state index in [0.717, 1.165) is 11.1 Å². The molecule has 3 heteroatoms. The average Bonchev–Trinajstić information content (AvgIpc) is 2.20. The molecule has 0 spiro atoms. The highest BCUT2D eigenvalue weighted by molar-refractivity contribution is 5.40. The molecule has 0 atom stereocenters. The van der Waals surface area contributed by atoms with E-state index >= 15 is 0 Å². The number of para-hydroxylation sites is 1. The Morgan fingerprint density at radius 3 is 2.71 bits per heavy atom. The Morgan fingerprint density at radius 2 is 2.07 bits per heavy atom. The summed E-state index contributed by atoms with van der Waals surface area (Å²) in [6.45, 7) is 3.59. The van der Waals surface area contributed by atoms with Crippen molar-refractivity contribution in [1.29, 1.82) is 0 Å². The molecule has 0 radical (unpaired) electrons. The van der Waals surface area contributed by atoms with Crippen LogP contribution in [0.25, 0.3) is 0 Å². The number of phenolic OH excluding ortho intramolecular Hbond substituents is 1. The van der Waals surface area contributed by atoms with Crippen LogP contribution in [0.3, 0.4) is 0 Å². The van der Waals surface area contributed by atoms with E-state index in [1.807, 2.05) is 25.1 Å². The molecule has 0 aliphatic heterocycles. The minimum absolute atomic E-state index is 0.325. The van der Waals surface area contributed by atoms with Gasteiger partial charge in [-0.3, -0.25) is 0 Å². The first-order valence-electron chi connectivity index (χ1n) is 4.87. The molecule has 0 heterocycles. The Kier molecular flexibility index (Phi) is 4.43. The Balaban J connectivity index is 2.78. The molecule has 1 rings (SSSR count). The van der Waals surface area contributed by atoms with Crippen molar-refractivity contribution in [1.82, 2.24) is 0 Å². The van der Waals surface area contributed by atoms with Gasteiger partial charge in [-0.2, -0.15) is 0 Å². The van der Waals surface area contributed by atoms with Crippen LogP contribution in [-0.4, -0.2) is 18.3 Å². The highest BCUT2D eigenvalue weighted by Crippen LogP contribution is 2.23. The summed E-state index contributed by atoms with van der Waals surface area (Å²) in [7, 11) is 0. The zero-order valence-electron chi connectivity index (χ0n) is 8.49. The molecule has 14 heavy (non-hydrogen) atoms. The molecule has 0 fully saturated rings. The van der Waals surface area contributed by atoms with Gasteiger partial charge in [0.2, 0.25) is 0 Å². The van der Waals surface area contributed by atoms with E-state index < -0.39 is 0 Å². The van der Waals surface area contributed by atoms with Crippen LogP contribution >= 0.6 is 0 Å². The summed E-state index contributed by atoms with van der Waals surface area (Å²) in [4.78, 5) is 0. The summed E-state index contributed by atoms with van der Waals surface area (Å²) < 4.78 is 5.24. The van der Waals surface area contributed by atoms with Crippen molar-refractivity contribution in [3.63, 3.8) is 0 Å². The topological polar surface area (TPSA) is 55.5 Å². The van der Waals surface area contributed by atoms with E-state index in [-0.39, 0.29) is 0 Å². The number of benzene rings is 1. The van der Waals surface area contributed by atoms with Crippen LogP contribution < -0.4 is 5.73 Å². The van der Waals surface area contributed by atoms with Crippen LogP contribution in [0.1, 0.15) is 18.1 Å². The fourth-order valence-electron chi connectivity index (χ4n) is 1.33. The molecule has 0 aliphatic rings. The molecule has 0 unspecified atom stereocenters. The molecule has 0 saturated carbocycles. The number of hydrogen-bond donors (Lipinski definition) is 2. The van der Waals surface area contributed by atoms with E-state index in [0.29, 0.717) is 31.9 Å². The first-order valence-corrected chi connectivity index (χ1v) is 4.87. The second-order valence-corrected chi connectivity index (χ2v) is 3.10. The Hall–Kier alpha value is -1.06. The number of nitrogens with two attached hydrogens (primary N) is 1. The van der Waals surface area contributed by atoms with Crippen molar-refractivity contribution in [3.8, 4) is 5.75 Å². The fraction of sp³-hybridized carbons (Fsp3) is 0.455. The lowest BCUT2D eigenvalue weighted by Crippen LogP contribution is -2.04. The lowest BCUT2D eigenvalue weighted by molar-refractivity contribution is 0.132. The van der Waals surface area contributed by atoms with E-state index in [4.69, 9.17) is 10.5 Å². The molecular formula is C11H17NO2. The number of ether oxygens (including phenoxy) is 1. The molecule has 0 aromatic heterocycles.